The minimum absolute atomic E-state index is 0.00876. The van der Waals surface area contributed by atoms with Gasteiger partial charge in [0.2, 0.25) is 5.91 Å². The first-order valence-electron chi connectivity index (χ1n) is 7.16. The Labute approximate surface area is 120 Å². The highest BCUT2D eigenvalue weighted by molar-refractivity contribution is 5.90. The van der Waals surface area contributed by atoms with Gasteiger partial charge < -0.3 is 10.1 Å². The molecule has 0 saturated heterocycles. The number of nitrogens with one attached hydrogen (secondary N) is 1. The molecule has 1 rings (SSSR count). The van der Waals surface area contributed by atoms with Gasteiger partial charge in [0.1, 0.15) is 11.8 Å². The van der Waals surface area contributed by atoms with E-state index >= 15 is 0 Å². The zero-order chi connectivity index (χ0) is 14.6. The fourth-order valence-electron chi connectivity index (χ4n) is 1.89. The number of ether oxygens (including phenoxy) is 1. The number of benzene rings is 1. The maximum absolute atomic E-state index is 11.8. The van der Waals surface area contributed by atoms with E-state index in [4.69, 9.17) is 10.00 Å². The van der Waals surface area contributed by atoms with Crippen LogP contribution in [0.4, 0.5) is 5.69 Å². The molecule has 0 bridgehead atoms. The summed E-state index contributed by atoms with van der Waals surface area (Å²) in [5.41, 5.74) is 0.707. The third-order valence-electron chi connectivity index (χ3n) is 2.93. The van der Waals surface area contributed by atoms with E-state index in [-0.39, 0.29) is 12.5 Å². The Kier molecular flexibility index (Phi) is 7.90. The van der Waals surface area contributed by atoms with Crippen LogP contribution in [0, 0.1) is 11.3 Å². The van der Waals surface area contributed by atoms with Crippen molar-refractivity contribution in [3.63, 3.8) is 0 Å². The predicted octanol–water partition coefficient (Wildman–Crippen LogP) is 3.89. The molecule has 0 fully saturated rings. The maximum Gasteiger partial charge on any atom is 0.224 e. The van der Waals surface area contributed by atoms with Crippen molar-refractivity contribution in [1.29, 1.82) is 5.26 Å². The van der Waals surface area contributed by atoms with Crippen molar-refractivity contribution >= 4 is 11.6 Å². The van der Waals surface area contributed by atoms with Crippen molar-refractivity contribution in [2.45, 2.75) is 45.4 Å². The largest absolute Gasteiger partial charge is 0.479 e. The highest BCUT2D eigenvalue weighted by Gasteiger charge is 2.03. The molecule has 0 spiro atoms. The van der Waals surface area contributed by atoms with Crippen LogP contribution in [-0.4, -0.2) is 12.5 Å². The fraction of sp³-hybridized carbons (Fsp3) is 0.500. The molecular formula is C16H22N2O2. The van der Waals surface area contributed by atoms with Crippen LogP contribution in [0.2, 0.25) is 0 Å². The van der Waals surface area contributed by atoms with E-state index in [2.05, 4.69) is 12.2 Å². The molecule has 4 nitrogen and oxygen atoms in total. The lowest BCUT2D eigenvalue weighted by molar-refractivity contribution is -0.116. The van der Waals surface area contributed by atoms with Crippen LogP contribution in [-0.2, 0) is 4.79 Å². The molecule has 1 N–H and O–H groups in total. The Morgan fingerprint density at radius 1 is 1.30 bits per heavy atom. The normalized spacial score (nSPS) is 9.80. The van der Waals surface area contributed by atoms with Crippen LogP contribution in [0.1, 0.15) is 45.4 Å². The van der Waals surface area contributed by atoms with E-state index in [9.17, 15) is 4.79 Å². The number of nitriles is 1. The van der Waals surface area contributed by atoms with E-state index in [1.54, 1.807) is 18.2 Å². The number of nitrogens with zero attached hydrogens (tertiary/aromatic N) is 1. The van der Waals surface area contributed by atoms with Crippen LogP contribution >= 0.6 is 0 Å². The van der Waals surface area contributed by atoms with E-state index in [1.807, 2.05) is 12.1 Å². The lowest BCUT2D eigenvalue weighted by Crippen LogP contribution is -2.11. The topological polar surface area (TPSA) is 62.1 Å². The average Bonchev–Trinajstić information content (AvgIpc) is 2.45. The van der Waals surface area contributed by atoms with Crippen molar-refractivity contribution in [3.8, 4) is 11.8 Å². The highest BCUT2D eigenvalue weighted by Crippen LogP contribution is 2.17. The van der Waals surface area contributed by atoms with Crippen LogP contribution in [0.5, 0.6) is 5.75 Å². The first kappa shape index (κ1) is 16.0. The molecular weight excluding hydrogens is 252 g/mol. The smallest absolute Gasteiger partial charge is 0.224 e. The summed E-state index contributed by atoms with van der Waals surface area (Å²) in [6.45, 7) is 2.18. The summed E-state index contributed by atoms with van der Waals surface area (Å²) < 4.78 is 5.19. The number of amides is 1. The van der Waals surface area contributed by atoms with Gasteiger partial charge in [0.25, 0.3) is 0 Å². The molecule has 0 aliphatic rings. The predicted molar refractivity (Wildman–Crippen MR) is 79.6 cm³/mol. The number of anilines is 1. The van der Waals surface area contributed by atoms with Gasteiger partial charge in [-0.05, 0) is 18.6 Å². The van der Waals surface area contributed by atoms with E-state index < -0.39 is 0 Å². The molecule has 108 valence electrons. The van der Waals surface area contributed by atoms with Crippen LogP contribution in [0.25, 0.3) is 0 Å². The van der Waals surface area contributed by atoms with Crippen molar-refractivity contribution in [2.75, 3.05) is 11.9 Å². The number of hydrogen-bond acceptors (Lipinski definition) is 3. The molecule has 0 unspecified atom stereocenters. The third-order valence-corrected chi connectivity index (χ3v) is 2.93. The number of unbranched alkanes of at least 4 members (excludes halogenated alkanes) is 4. The van der Waals surface area contributed by atoms with E-state index in [1.165, 1.54) is 19.3 Å². The third kappa shape index (κ3) is 6.79. The second-order valence-corrected chi connectivity index (χ2v) is 4.69. The van der Waals surface area contributed by atoms with Crippen LogP contribution in [0.3, 0.4) is 0 Å². The van der Waals surface area contributed by atoms with Crippen LogP contribution in [0.15, 0.2) is 24.3 Å². The molecule has 0 aliphatic heterocycles. The van der Waals surface area contributed by atoms with Gasteiger partial charge in [-0.15, -0.1) is 0 Å². The first-order chi connectivity index (χ1) is 9.76. The minimum atomic E-state index is 0.00876. The minimum Gasteiger partial charge on any atom is -0.479 e. The monoisotopic (exact) mass is 274 g/mol. The number of rotatable bonds is 9. The molecule has 0 radical (unpaired) electrons. The van der Waals surface area contributed by atoms with Gasteiger partial charge in [0.15, 0.2) is 6.61 Å². The number of carbonyl (C=O) groups excluding carboxylic acids is 1. The molecule has 0 aromatic heterocycles. The Morgan fingerprint density at radius 2 is 2.10 bits per heavy atom. The van der Waals surface area contributed by atoms with Gasteiger partial charge in [0.05, 0.1) is 0 Å². The highest BCUT2D eigenvalue weighted by atomic mass is 16.5. The van der Waals surface area contributed by atoms with Crippen molar-refractivity contribution < 1.29 is 9.53 Å². The van der Waals surface area contributed by atoms with Gasteiger partial charge in [0, 0.05) is 18.2 Å². The van der Waals surface area contributed by atoms with Crippen molar-refractivity contribution in [3.05, 3.63) is 24.3 Å². The Bertz CT molecular complexity index is 452. The van der Waals surface area contributed by atoms with Crippen molar-refractivity contribution in [1.82, 2.24) is 0 Å². The second-order valence-electron chi connectivity index (χ2n) is 4.69. The molecule has 0 heterocycles. The SMILES string of the molecule is CCCCCCCC(=O)Nc1cccc(OCC#N)c1. The summed E-state index contributed by atoms with van der Waals surface area (Å²) in [6, 6.07) is 9.01. The zero-order valence-electron chi connectivity index (χ0n) is 12.0. The van der Waals surface area contributed by atoms with Gasteiger partial charge >= 0.3 is 0 Å². The summed E-state index contributed by atoms with van der Waals surface area (Å²) in [4.78, 5) is 11.8. The summed E-state index contributed by atoms with van der Waals surface area (Å²) in [6.07, 6.45) is 6.22. The lowest BCUT2D eigenvalue weighted by atomic mass is 10.1. The fourth-order valence-corrected chi connectivity index (χ4v) is 1.89. The Balaban J connectivity index is 2.32. The number of carbonyl (C=O) groups is 1. The van der Waals surface area contributed by atoms with Gasteiger partial charge in [-0.3, -0.25) is 4.79 Å². The van der Waals surface area contributed by atoms with Gasteiger partial charge in [-0.1, -0.05) is 38.7 Å². The standard InChI is InChI=1S/C16H22N2O2/c1-2-3-4-5-6-10-16(19)18-14-8-7-9-15(13-14)20-12-11-17/h7-9,13H,2-6,10,12H2,1H3,(H,18,19). The first-order valence-corrected chi connectivity index (χ1v) is 7.16. The molecule has 20 heavy (non-hydrogen) atoms. The quantitative estimate of drug-likeness (QED) is 0.695. The summed E-state index contributed by atoms with van der Waals surface area (Å²) in [7, 11) is 0. The lowest BCUT2D eigenvalue weighted by Gasteiger charge is -2.07. The molecule has 1 aromatic rings. The maximum atomic E-state index is 11.8. The Hall–Kier alpha value is -2.02. The number of hydrogen-bond donors (Lipinski definition) is 1. The molecule has 1 amide bonds. The second kappa shape index (κ2) is 9.85. The van der Waals surface area contributed by atoms with Gasteiger partial charge in [-0.2, -0.15) is 5.26 Å². The molecule has 4 heteroatoms. The molecule has 0 saturated carbocycles. The summed E-state index contributed by atoms with van der Waals surface area (Å²) in [5, 5.41) is 11.3. The molecule has 0 atom stereocenters. The van der Waals surface area contributed by atoms with E-state index in [0.717, 1.165) is 12.8 Å². The van der Waals surface area contributed by atoms with Crippen LogP contribution < -0.4 is 10.1 Å². The average molecular weight is 274 g/mol. The summed E-state index contributed by atoms with van der Waals surface area (Å²) in [5.74, 6) is 0.617. The van der Waals surface area contributed by atoms with E-state index in [0.29, 0.717) is 17.9 Å². The Morgan fingerprint density at radius 3 is 2.85 bits per heavy atom. The molecule has 0 aliphatic carbocycles. The van der Waals surface area contributed by atoms with Crippen molar-refractivity contribution in [2.24, 2.45) is 0 Å². The van der Waals surface area contributed by atoms with Gasteiger partial charge in [-0.25, -0.2) is 0 Å². The zero-order valence-corrected chi connectivity index (χ0v) is 12.0. The molecule has 1 aromatic carbocycles. The summed E-state index contributed by atoms with van der Waals surface area (Å²) >= 11 is 0.